The van der Waals surface area contributed by atoms with Crippen LogP contribution in [-0.2, 0) is 4.74 Å². The van der Waals surface area contributed by atoms with Crippen LogP contribution < -0.4 is 5.73 Å². The maximum Gasteiger partial charge on any atom is 0.0655 e. The van der Waals surface area contributed by atoms with E-state index >= 15 is 0 Å². The lowest BCUT2D eigenvalue weighted by molar-refractivity contribution is -0.146. The van der Waals surface area contributed by atoms with Gasteiger partial charge in [0, 0.05) is 24.6 Å². The van der Waals surface area contributed by atoms with E-state index in [0.29, 0.717) is 17.6 Å². The molecule has 2 fully saturated rings. The zero-order chi connectivity index (χ0) is 11.8. The van der Waals surface area contributed by atoms with Gasteiger partial charge in [0.2, 0.25) is 0 Å². The van der Waals surface area contributed by atoms with Gasteiger partial charge in [-0.15, -0.1) is 0 Å². The molecule has 94 valence electrons. The van der Waals surface area contributed by atoms with Crippen molar-refractivity contribution in [1.29, 1.82) is 0 Å². The molecule has 0 amide bonds. The third-order valence-electron chi connectivity index (χ3n) is 4.59. The molecule has 3 heteroatoms. The third-order valence-corrected chi connectivity index (χ3v) is 4.59. The fourth-order valence-corrected chi connectivity index (χ4v) is 3.31. The standard InChI is InChI=1S/C13H26N2O/c1-4-16-12-7-11(13(12,2)3)15-6-5-10(8-14)9-15/h10-12H,4-9,14H2,1-3H3. The number of hydrogen-bond donors (Lipinski definition) is 1. The van der Waals surface area contributed by atoms with E-state index in [9.17, 15) is 0 Å². The van der Waals surface area contributed by atoms with E-state index in [0.717, 1.165) is 19.1 Å². The van der Waals surface area contributed by atoms with Crippen molar-refractivity contribution in [2.75, 3.05) is 26.2 Å². The Morgan fingerprint density at radius 1 is 1.44 bits per heavy atom. The van der Waals surface area contributed by atoms with Crippen LogP contribution in [0.25, 0.3) is 0 Å². The van der Waals surface area contributed by atoms with Crippen LogP contribution in [0.3, 0.4) is 0 Å². The van der Waals surface area contributed by atoms with Crippen LogP contribution in [0.2, 0.25) is 0 Å². The maximum absolute atomic E-state index is 5.78. The molecule has 3 nitrogen and oxygen atoms in total. The van der Waals surface area contributed by atoms with E-state index in [1.165, 1.54) is 25.9 Å². The van der Waals surface area contributed by atoms with E-state index in [4.69, 9.17) is 10.5 Å². The van der Waals surface area contributed by atoms with Crippen LogP contribution in [0.1, 0.15) is 33.6 Å². The molecule has 16 heavy (non-hydrogen) atoms. The summed E-state index contributed by atoms with van der Waals surface area (Å²) < 4.78 is 5.78. The van der Waals surface area contributed by atoms with E-state index in [2.05, 4.69) is 25.7 Å². The molecule has 3 unspecified atom stereocenters. The number of nitrogens with two attached hydrogens (primary N) is 1. The van der Waals surface area contributed by atoms with Gasteiger partial charge in [-0.25, -0.2) is 0 Å². The van der Waals surface area contributed by atoms with Crippen LogP contribution in [0.15, 0.2) is 0 Å². The predicted molar refractivity (Wildman–Crippen MR) is 66.3 cm³/mol. The van der Waals surface area contributed by atoms with Gasteiger partial charge in [0.05, 0.1) is 6.10 Å². The lowest BCUT2D eigenvalue weighted by atomic mass is 9.64. The first-order valence-electron chi connectivity index (χ1n) is 6.65. The molecule has 1 aliphatic carbocycles. The quantitative estimate of drug-likeness (QED) is 0.789. The van der Waals surface area contributed by atoms with Crippen molar-refractivity contribution in [3.8, 4) is 0 Å². The van der Waals surface area contributed by atoms with Crippen LogP contribution in [-0.4, -0.2) is 43.3 Å². The van der Waals surface area contributed by atoms with Gasteiger partial charge in [-0.05, 0) is 38.8 Å². The SMILES string of the molecule is CCOC1CC(N2CCC(CN)C2)C1(C)C. The van der Waals surface area contributed by atoms with E-state index in [-0.39, 0.29) is 0 Å². The summed E-state index contributed by atoms with van der Waals surface area (Å²) in [6.45, 7) is 10.9. The molecule has 1 saturated heterocycles. The summed E-state index contributed by atoms with van der Waals surface area (Å²) in [5, 5.41) is 0. The van der Waals surface area contributed by atoms with Gasteiger partial charge in [0.15, 0.2) is 0 Å². The summed E-state index contributed by atoms with van der Waals surface area (Å²) in [6, 6.07) is 0.709. The van der Waals surface area contributed by atoms with Gasteiger partial charge in [-0.2, -0.15) is 0 Å². The predicted octanol–water partition coefficient (Wildman–Crippen LogP) is 1.47. The van der Waals surface area contributed by atoms with Crippen LogP contribution in [0.5, 0.6) is 0 Å². The Morgan fingerprint density at radius 2 is 2.19 bits per heavy atom. The number of ether oxygens (including phenoxy) is 1. The number of hydrogen-bond acceptors (Lipinski definition) is 3. The highest BCUT2D eigenvalue weighted by Crippen LogP contribution is 2.46. The van der Waals surface area contributed by atoms with Crippen LogP contribution in [0, 0.1) is 11.3 Å². The highest BCUT2D eigenvalue weighted by molar-refractivity contribution is 5.05. The first kappa shape index (κ1) is 12.3. The van der Waals surface area contributed by atoms with Gasteiger partial charge < -0.3 is 10.5 Å². The normalized spacial score (nSPS) is 38.6. The lowest BCUT2D eigenvalue weighted by Gasteiger charge is -2.55. The molecule has 0 aromatic carbocycles. The van der Waals surface area contributed by atoms with Crippen molar-refractivity contribution in [2.45, 2.75) is 45.8 Å². The van der Waals surface area contributed by atoms with E-state index in [1.54, 1.807) is 0 Å². The minimum absolute atomic E-state index is 0.319. The fraction of sp³-hybridized carbons (Fsp3) is 1.00. The first-order chi connectivity index (χ1) is 7.59. The minimum Gasteiger partial charge on any atom is -0.378 e. The molecule has 2 rings (SSSR count). The van der Waals surface area contributed by atoms with Crippen LogP contribution >= 0.6 is 0 Å². The summed E-state index contributed by atoms with van der Waals surface area (Å²) >= 11 is 0. The smallest absolute Gasteiger partial charge is 0.0655 e. The molecule has 0 aromatic heterocycles. The van der Waals surface area contributed by atoms with Gasteiger partial charge in [-0.1, -0.05) is 13.8 Å². The molecule has 2 aliphatic rings. The monoisotopic (exact) mass is 226 g/mol. The van der Waals surface area contributed by atoms with Gasteiger partial charge in [0.25, 0.3) is 0 Å². The molecule has 2 N–H and O–H groups in total. The largest absolute Gasteiger partial charge is 0.378 e. The average molecular weight is 226 g/mol. The minimum atomic E-state index is 0.319. The molecule has 1 aliphatic heterocycles. The van der Waals surface area contributed by atoms with E-state index < -0.39 is 0 Å². The first-order valence-corrected chi connectivity index (χ1v) is 6.65. The van der Waals surface area contributed by atoms with Crippen molar-refractivity contribution in [2.24, 2.45) is 17.1 Å². The highest BCUT2D eigenvalue weighted by Gasteiger charge is 2.52. The highest BCUT2D eigenvalue weighted by atomic mass is 16.5. The molecule has 1 saturated carbocycles. The molecule has 0 radical (unpaired) electrons. The van der Waals surface area contributed by atoms with Crippen molar-refractivity contribution in [1.82, 2.24) is 4.90 Å². The molecular formula is C13H26N2O. The summed E-state index contributed by atoms with van der Waals surface area (Å²) in [4.78, 5) is 2.63. The average Bonchev–Trinajstić information content (AvgIpc) is 2.71. The number of nitrogens with zero attached hydrogens (tertiary/aromatic N) is 1. The van der Waals surface area contributed by atoms with Gasteiger partial charge in [0.1, 0.15) is 0 Å². The second-order valence-corrected chi connectivity index (χ2v) is 5.90. The summed E-state index contributed by atoms with van der Waals surface area (Å²) in [5.74, 6) is 0.724. The Labute approximate surface area is 99.3 Å². The van der Waals surface area contributed by atoms with Gasteiger partial charge in [-0.3, -0.25) is 4.90 Å². The zero-order valence-corrected chi connectivity index (χ0v) is 10.9. The Kier molecular flexibility index (Phi) is 3.57. The molecule has 0 aromatic rings. The second-order valence-electron chi connectivity index (χ2n) is 5.90. The fourth-order valence-electron chi connectivity index (χ4n) is 3.31. The van der Waals surface area contributed by atoms with E-state index in [1.807, 2.05) is 0 Å². The topological polar surface area (TPSA) is 38.5 Å². The number of likely N-dealkylation sites (tertiary alicyclic amines) is 1. The summed E-state index contributed by atoms with van der Waals surface area (Å²) in [5.41, 5.74) is 6.07. The van der Waals surface area contributed by atoms with Crippen molar-refractivity contribution >= 4 is 0 Å². The molecule has 0 spiro atoms. The second kappa shape index (κ2) is 4.63. The van der Waals surface area contributed by atoms with Crippen LogP contribution in [0.4, 0.5) is 0 Å². The molecular weight excluding hydrogens is 200 g/mol. The Morgan fingerprint density at radius 3 is 2.69 bits per heavy atom. The summed E-state index contributed by atoms with van der Waals surface area (Å²) in [7, 11) is 0. The van der Waals surface area contributed by atoms with Crippen molar-refractivity contribution < 1.29 is 4.74 Å². The van der Waals surface area contributed by atoms with Crippen molar-refractivity contribution in [3.05, 3.63) is 0 Å². The maximum atomic E-state index is 5.78. The Bertz CT molecular complexity index is 242. The molecule has 1 heterocycles. The van der Waals surface area contributed by atoms with Crippen molar-refractivity contribution in [3.63, 3.8) is 0 Å². The van der Waals surface area contributed by atoms with Gasteiger partial charge >= 0.3 is 0 Å². The molecule has 0 bridgehead atoms. The lowest BCUT2D eigenvalue weighted by Crippen LogP contribution is -2.61. The Hall–Kier alpha value is -0.120. The third kappa shape index (κ3) is 2.01. The summed E-state index contributed by atoms with van der Waals surface area (Å²) in [6.07, 6.45) is 2.94. The Balaban J connectivity index is 1.89. The molecule has 3 atom stereocenters. The number of rotatable bonds is 4. The zero-order valence-electron chi connectivity index (χ0n) is 10.9.